The summed E-state index contributed by atoms with van der Waals surface area (Å²) in [4.78, 5) is 12.9. The highest BCUT2D eigenvalue weighted by molar-refractivity contribution is 5.75. The molecule has 11 atom stereocenters. The first-order valence-electron chi connectivity index (χ1n) is 13.0. The summed E-state index contributed by atoms with van der Waals surface area (Å²) in [6, 6.07) is 0.534. The summed E-state index contributed by atoms with van der Waals surface area (Å²) in [5.74, 6) is 5.85. The third-order valence-electron chi connectivity index (χ3n) is 11.0. The molecule has 1 heterocycles. The molecule has 0 aromatic heterocycles. The molecule has 3 heteroatoms. The topological polar surface area (TPSA) is 38.3 Å². The van der Waals surface area contributed by atoms with Crippen LogP contribution in [0, 0.1) is 52.8 Å². The second-order valence-electron chi connectivity index (χ2n) is 12.5. The van der Waals surface area contributed by atoms with E-state index < -0.39 is 0 Å². The van der Waals surface area contributed by atoms with E-state index in [0.29, 0.717) is 23.3 Å². The van der Waals surface area contributed by atoms with E-state index in [2.05, 4.69) is 25.7 Å². The third kappa shape index (κ3) is 2.97. The molecule has 30 heavy (non-hydrogen) atoms. The zero-order chi connectivity index (χ0) is 20.6. The van der Waals surface area contributed by atoms with Crippen molar-refractivity contribution in [2.24, 2.45) is 52.8 Å². The molecule has 0 aromatic carbocycles. The van der Waals surface area contributed by atoms with Crippen LogP contribution < -0.4 is 5.32 Å². The molecule has 166 valence electrons. The van der Waals surface area contributed by atoms with Crippen molar-refractivity contribution < 1.29 is 9.53 Å². The lowest BCUT2D eigenvalue weighted by Gasteiger charge is -2.50. The number of allylic oxidation sites excluding steroid dienone is 1. The summed E-state index contributed by atoms with van der Waals surface area (Å²) >= 11 is 0. The highest BCUT2D eigenvalue weighted by atomic mass is 16.6. The maximum atomic E-state index is 12.9. The molecule has 3 bridgehead atoms. The van der Waals surface area contributed by atoms with Gasteiger partial charge in [-0.3, -0.25) is 4.79 Å². The van der Waals surface area contributed by atoms with E-state index in [1.165, 1.54) is 56.9 Å². The van der Waals surface area contributed by atoms with Crippen molar-refractivity contribution in [1.82, 2.24) is 5.32 Å². The predicted octanol–water partition coefficient (Wildman–Crippen LogP) is 5.35. The van der Waals surface area contributed by atoms with Crippen molar-refractivity contribution in [1.29, 1.82) is 0 Å². The van der Waals surface area contributed by atoms with Gasteiger partial charge in [-0.15, -0.1) is 0 Å². The number of rotatable bonds is 4. The van der Waals surface area contributed by atoms with Crippen LogP contribution in [0.2, 0.25) is 0 Å². The van der Waals surface area contributed by atoms with E-state index in [1.54, 1.807) is 0 Å². The molecule has 1 N–H and O–H groups in total. The van der Waals surface area contributed by atoms with Crippen LogP contribution in [0.15, 0.2) is 12.2 Å². The zero-order valence-corrected chi connectivity index (χ0v) is 19.1. The minimum atomic E-state index is 0.0498. The fourth-order valence-electron chi connectivity index (χ4n) is 9.66. The van der Waals surface area contributed by atoms with Crippen LogP contribution in [0.4, 0.5) is 0 Å². The van der Waals surface area contributed by atoms with Crippen LogP contribution in [0.3, 0.4) is 0 Å². The number of carbonyl (C=O) groups excluding carboxylic acids is 1. The lowest BCUT2D eigenvalue weighted by atomic mass is 9.55. The first-order chi connectivity index (χ1) is 14.4. The molecule has 6 fully saturated rings. The Bertz CT molecular complexity index is 732. The van der Waals surface area contributed by atoms with Gasteiger partial charge in [0.15, 0.2) is 0 Å². The van der Waals surface area contributed by atoms with Gasteiger partial charge in [0.25, 0.3) is 0 Å². The van der Waals surface area contributed by atoms with Crippen molar-refractivity contribution >= 4 is 5.97 Å². The van der Waals surface area contributed by atoms with E-state index in [9.17, 15) is 4.79 Å². The van der Waals surface area contributed by atoms with Gasteiger partial charge in [-0.1, -0.05) is 19.1 Å². The van der Waals surface area contributed by atoms with Crippen molar-refractivity contribution in [3.05, 3.63) is 12.2 Å². The van der Waals surface area contributed by atoms with E-state index in [1.807, 2.05) is 0 Å². The maximum absolute atomic E-state index is 12.9. The number of carbonyl (C=O) groups is 1. The summed E-state index contributed by atoms with van der Waals surface area (Å²) in [5.41, 5.74) is 1.74. The molecule has 5 aliphatic carbocycles. The molecule has 0 radical (unpaired) electrons. The van der Waals surface area contributed by atoms with E-state index in [0.717, 1.165) is 49.0 Å². The van der Waals surface area contributed by atoms with Gasteiger partial charge >= 0.3 is 5.97 Å². The third-order valence-corrected chi connectivity index (χ3v) is 11.0. The van der Waals surface area contributed by atoms with Gasteiger partial charge in [0.2, 0.25) is 0 Å². The van der Waals surface area contributed by atoms with Gasteiger partial charge in [0.1, 0.15) is 6.10 Å². The molecular formula is C27H41NO2. The molecule has 0 spiro atoms. The second kappa shape index (κ2) is 7.09. The van der Waals surface area contributed by atoms with Gasteiger partial charge in [0.05, 0.1) is 5.92 Å². The fourth-order valence-corrected chi connectivity index (χ4v) is 9.66. The normalized spacial score (nSPS) is 52.7. The molecule has 6 rings (SSSR count). The fraction of sp³-hybridized carbons (Fsp3) is 0.889. The van der Waals surface area contributed by atoms with Crippen molar-refractivity contribution in [2.45, 2.75) is 90.2 Å². The Hall–Kier alpha value is -0.830. The lowest BCUT2D eigenvalue weighted by Crippen LogP contribution is -2.49. The Morgan fingerprint density at radius 3 is 2.83 bits per heavy atom. The summed E-state index contributed by atoms with van der Waals surface area (Å²) in [6.45, 7) is 10.1. The summed E-state index contributed by atoms with van der Waals surface area (Å²) in [5, 5.41) is 3.89. The van der Waals surface area contributed by atoms with Gasteiger partial charge in [-0.05, 0) is 112 Å². The number of esters is 1. The van der Waals surface area contributed by atoms with Gasteiger partial charge in [0, 0.05) is 18.5 Å². The van der Waals surface area contributed by atoms with Gasteiger partial charge in [-0.25, -0.2) is 0 Å². The number of hydrogen-bond donors (Lipinski definition) is 1. The number of ether oxygens (including phenoxy) is 1. The van der Waals surface area contributed by atoms with Crippen molar-refractivity contribution in [3.8, 4) is 0 Å². The van der Waals surface area contributed by atoms with E-state index >= 15 is 0 Å². The average molecular weight is 412 g/mol. The standard InChI is InChI=1S/C27H41NO2/c1-15-5-4-8-27(3)13-24-21(12-23(15)27)22(26(29)30-24)14-28-16(2)25-19-7-6-18-9-17(10-19)11-20(18)25/h16-25,28H,1,4-14H2,2-3H3/t16-,17+,18-,19+,20-,21-,22-,23+,24-,25-,27-/m1/s1. The minimum absolute atomic E-state index is 0.0498. The SMILES string of the molecule is C=C1CCC[C@]2(C)C[C@H]3OC(=O)[C@H](CN[C@H](C)[C@@H]4[C@H]5CC[C@@H]6C[C@@H](C5)C[C@H]64)[C@H]3C[C@@H]12. The van der Waals surface area contributed by atoms with E-state index in [4.69, 9.17) is 4.74 Å². The van der Waals surface area contributed by atoms with Crippen LogP contribution >= 0.6 is 0 Å². The molecule has 1 aliphatic heterocycles. The second-order valence-corrected chi connectivity index (χ2v) is 12.5. The summed E-state index contributed by atoms with van der Waals surface area (Å²) in [6.07, 6.45) is 13.4. The molecule has 1 saturated heterocycles. The molecule has 0 amide bonds. The molecule has 0 unspecified atom stereocenters. The molecule has 6 aliphatic rings. The Kier molecular flexibility index (Phi) is 4.68. The highest BCUT2D eigenvalue weighted by Crippen LogP contribution is 2.59. The smallest absolute Gasteiger partial charge is 0.310 e. The van der Waals surface area contributed by atoms with Gasteiger partial charge < -0.3 is 10.1 Å². The Balaban J connectivity index is 1.13. The largest absolute Gasteiger partial charge is 0.462 e. The zero-order valence-electron chi connectivity index (χ0n) is 19.1. The lowest BCUT2D eigenvalue weighted by molar-refractivity contribution is -0.146. The highest BCUT2D eigenvalue weighted by Gasteiger charge is 2.56. The number of hydrogen-bond acceptors (Lipinski definition) is 3. The monoisotopic (exact) mass is 411 g/mol. The van der Waals surface area contributed by atoms with Crippen LogP contribution in [0.1, 0.15) is 78.1 Å². The maximum Gasteiger partial charge on any atom is 0.310 e. The summed E-state index contributed by atoms with van der Waals surface area (Å²) < 4.78 is 5.99. The molecule has 3 nitrogen and oxygen atoms in total. The first-order valence-corrected chi connectivity index (χ1v) is 13.0. The van der Waals surface area contributed by atoms with Crippen LogP contribution in [0.25, 0.3) is 0 Å². The minimum Gasteiger partial charge on any atom is -0.462 e. The first kappa shape index (κ1) is 19.8. The molecular weight excluding hydrogens is 370 g/mol. The summed E-state index contributed by atoms with van der Waals surface area (Å²) in [7, 11) is 0. The van der Waals surface area contributed by atoms with Crippen LogP contribution in [-0.4, -0.2) is 24.7 Å². The van der Waals surface area contributed by atoms with E-state index in [-0.39, 0.29) is 18.0 Å². The predicted molar refractivity (Wildman–Crippen MR) is 119 cm³/mol. The molecule has 5 saturated carbocycles. The number of nitrogens with one attached hydrogen (secondary N) is 1. The Morgan fingerprint density at radius 1 is 1.17 bits per heavy atom. The average Bonchev–Trinajstić information content (AvgIpc) is 3.10. The Labute approximate surface area is 182 Å². The van der Waals surface area contributed by atoms with Gasteiger partial charge in [-0.2, -0.15) is 0 Å². The Morgan fingerprint density at radius 2 is 1.97 bits per heavy atom. The number of fused-ring (bicyclic) bond motifs is 4. The van der Waals surface area contributed by atoms with Crippen molar-refractivity contribution in [2.75, 3.05) is 6.54 Å². The van der Waals surface area contributed by atoms with Crippen LogP contribution in [-0.2, 0) is 9.53 Å². The van der Waals surface area contributed by atoms with Crippen LogP contribution in [0.5, 0.6) is 0 Å². The van der Waals surface area contributed by atoms with Crippen molar-refractivity contribution in [3.63, 3.8) is 0 Å². The molecule has 0 aromatic rings. The quantitative estimate of drug-likeness (QED) is 0.500.